The van der Waals surface area contributed by atoms with Gasteiger partial charge < -0.3 is 48.9 Å². The predicted octanol–water partition coefficient (Wildman–Crippen LogP) is -3.03. The maximum absolute atomic E-state index is 12.9. The molecule has 0 spiro atoms. The number of hydrogen-bond acceptors (Lipinski definition) is 8. The molecule has 0 aliphatic heterocycles. The van der Waals surface area contributed by atoms with Crippen LogP contribution in [0.3, 0.4) is 0 Å². The van der Waals surface area contributed by atoms with Crippen LogP contribution in [0.25, 0.3) is 0 Å². The number of carbonyl (C=O) groups excluding carboxylic acids is 3. The molecule has 0 aliphatic carbocycles. The summed E-state index contributed by atoms with van der Waals surface area (Å²) in [5, 5.41) is 36.2. The second kappa shape index (κ2) is 17.2. The summed E-state index contributed by atoms with van der Waals surface area (Å²) in [4.78, 5) is 49.5. The smallest absolute Gasteiger partial charge is 0.326 e. The number of carboxylic acids is 1. The van der Waals surface area contributed by atoms with Crippen molar-refractivity contribution < 1.29 is 24.3 Å². The van der Waals surface area contributed by atoms with E-state index in [2.05, 4.69) is 39.2 Å². The maximum Gasteiger partial charge on any atom is 0.326 e. The van der Waals surface area contributed by atoms with Crippen LogP contribution in [-0.4, -0.2) is 83.7 Å². The molecule has 0 aromatic carbocycles. The zero-order chi connectivity index (χ0) is 27.8. The number of carbonyl (C=O) groups is 4. The van der Waals surface area contributed by atoms with Crippen molar-refractivity contribution in [3.05, 3.63) is 0 Å². The van der Waals surface area contributed by atoms with Crippen LogP contribution < -0.4 is 43.8 Å². The molecule has 0 saturated carbocycles. The quantitative estimate of drug-likeness (QED) is 0.0389. The van der Waals surface area contributed by atoms with E-state index in [1.165, 1.54) is 0 Å². The summed E-state index contributed by atoms with van der Waals surface area (Å²) in [6.07, 6.45) is 1.16. The summed E-state index contributed by atoms with van der Waals surface area (Å²) in [6, 6.07) is -4.27. The molecule has 0 aromatic rings. The number of nitrogens with one attached hydrogen (secondary N) is 7. The lowest BCUT2D eigenvalue weighted by molar-refractivity contribution is -0.142. The first-order valence-corrected chi connectivity index (χ1v) is 12.1. The molecule has 0 saturated heterocycles. The second-order valence-electron chi connectivity index (χ2n) is 8.45. The molecule has 0 rings (SSSR count). The molecule has 16 heteroatoms. The first-order chi connectivity index (χ1) is 16.8. The van der Waals surface area contributed by atoms with Crippen molar-refractivity contribution in [1.29, 1.82) is 10.8 Å². The number of carboxylic acid groups (broad SMARTS) is 1. The van der Waals surface area contributed by atoms with Crippen molar-refractivity contribution in [3.8, 4) is 0 Å². The lowest BCUT2D eigenvalue weighted by atomic mass is 10.0. The molecule has 0 radical (unpaired) electrons. The number of nitrogens with two attached hydrogens (primary N) is 3. The lowest BCUT2D eigenvalue weighted by Crippen LogP contribution is -2.59. The van der Waals surface area contributed by atoms with E-state index in [9.17, 15) is 24.3 Å². The number of guanidine groups is 2. The van der Waals surface area contributed by atoms with E-state index in [0.717, 1.165) is 0 Å². The molecule has 0 unspecified atom stereocenters. The average Bonchev–Trinajstić information content (AvgIpc) is 2.79. The van der Waals surface area contributed by atoms with Crippen molar-refractivity contribution in [2.45, 2.75) is 63.7 Å². The largest absolute Gasteiger partial charge is 0.480 e. The fraction of sp³-hybridized carbons (Fsp3) is 0.700. The summed E-state index contributed by atoms with van der Waals surface area (Å²) < 4.78 is 0. The van der Waals surface area contributed by atoms with Crippen LogP contribution in [0.2, 0.25) is 0 Å². The molecule has 14 N–H and O–H groups in total. The standard InChI is InChI=1S/C20H40N10O5S/c1-10(2)14(30-15(31)11(21)5-3-7-26-19(22)23)17(33)29-13(9-36)16(32)28-12(18(34)35)6-4-8-27-20(24)25/h10-14,36H,3-9,21H2,1-2H3,(H,28,32)(H,29,33)(H,30,31)(H,34,35)(H4,22,23,26)(H4,24,25,27)/t11-,12-,13-,14-/m0/s1. The van der Waals surface area contributed by atoms with Gasteiger partial charge in [0, 0.05) is 18.8 Å². The molecule has 15 nitrogen and oxygen atoms in total. The third-order valence-electron chi connectivity index (χ3n) is 5.01. The third kappa shape index (κ3) is 13.6. The highest BCUT2D eigenvalue weighted by molar-refractivity contribution is 7.80. The van der Waals surface area contributed by atoms with Crippen LogP contribution in [-0.2, 0) is 19.2 Å². The Morgan fingerprint density at radius 2 is 1.33 bits per heavy atom. The van der Waals surface area contributed by atoms with Gasteiger partial charge in [0.1, 0.15) is 18.1 Å². The lowest BCUT2D eigenvalue weighted by Gasteiger charge is -2.26. The van der Waals surface area contributed by atoms with Gasteiger partial charge in [-0.05, 0) is 31.6 Å². The number of rotatable bonds is 17. The Bertz CT molecular complexity index is 782. The van der Waals surface area contributed by atoms with E-state index in [1.54, 1.807) is 13.8 Å². The molecule has 36 heavy (non-hydrogen) atoms. The molecule has 0 fully saturated rings. The van der Waals surface area contributed by atoms with Gasteiger partial charge in [0.2, 0.25) is 17.7 Å². The molecule has 3 amide bonds. The van der Waals surface area contributed by atoms with Crippen LogP contribution >= 0.6 is 12.6 Å². The van der Waals surface area contributed by atoms with Gasteiger partial charge in [0.25, 0.3) is 0 Å². The van der Waals surface area contributed by atoms with Crippen molar-refractivity contribution >= 4 is 48.2 Å². The molecule has 0 aromatic heterocycles. The van der Waals surface area contributed by atoms with Gasteiger partial charge in [-0.15, -0.1) is 0 Å². The minimum absolute atomic E-state index is 0.0685. The first-order valence-electron chi connectivity index (χ1n) is 11.5. The van der Waals surface area contributed by atoms with Gasteiger partial charge >= 0.3 is 5.97 Å². The van der Waals surface area contributed by atoms with Gasteiger partial charge in [-0.1, -0.05) is 13.8 Å². The number of hydrogen-bond donors (Lipinski definition) is 12. The second-order valence-corrected chi connectivity index (χ2v) is 8.81. The Kier molecular flexibility index (Phi) is 15.6. The summed E-state index contributed by atoms with van der Waals surface area (Å²) in [5.41, 5.74) is 16.3. The zero-order valence-corrected chi connectivity index (χ0v) is 21.5. The van der Waals surface area contributed by atoms with Crippen LogP contribution in [0.1, 0.15) is 39.5 Å². The van der Waals surface area contributed by atoms with E-state index in [0.29, 0.717) is 25.8 Å². The fourth-order valence-electron chi connectivity index (χ4n) is 2.99. The van der Waals surface area contributed by atoms with Crippen molar-refractivity contribution in [2.75, 3.05) is 18.8 Å². The van der Waals surface area contributed by atoms with E-state index in [-0.39, 0.29) is 36.6 Å². The SMILES string of the molecule is CC(C)[C@H](NC(=O)[C@@H](N)CCCNC(=N)N)C(=O)N[C@@H](CS)C(=O)N[C@@H](CCCNC(=N)N)C(=O)O. The van der Waals surface area contributed by atoms with Gasteiger partial charge in [0.05, 0.1) is 6.04 Å². The predicted molar refractivity (Wildman–Crippen MR) is 138 cm³/mol. The van der Waals surface area contributed by atoms with E-state index >= 15 is 0 Å². The van der Waals surface area contributed by atoms with Crippen molar-refractivity contribution in [1.82, 2.24) is 26.6 Å². The minimum Gasteiger partial charge on any atom is -0.480 e. The molecular formula is C20H40N10O5S. The average molecular weight is 533 g/mol. The summed E-state index contributed by atoms with van der Waals surface area (Å²) >= 11 is 4.09. The number of thiol groups is 1. The van der Waals surface area contributed by atoms with E-state index in [1.807, 2.05) is 0 Å². The van der Waals surface area contributed by atoms with Crippen LogP contribution in [0.5, 0.6) is 0 Å². The normalized spacial score (nSPS) is 14.0. The highest BCUT2D eigenvalue weighted by atomic mass is 32.1. The number of amides is 3. The third-order valence-corrected chi connectivity index (χ3v) is 5.37. The van der Waals surface area contributed by atoms with Crippen molar-refractivity contribution in [3.63, 3.8) is 0 Å². The highest BCUT2D eigenvalue weighted by Gasteiger charge is 2.31. The molecular weight excluding hydrogens is 492 g/mol. The van der Waals surface area contributed by atoms with Crippen LogP contribution in [0, 0.1) is 16.7 Å². The monoisotopic (exact) mass is 532 g/mol. The molecule has 4 atom stereocenters. The Hall–Kier alpha value is -3.27. The topological polar surface area (TPSA) is 274 Å². The van der Waals surface area contributed by atoms with Gasteiger partial charge in [-0.3, -0.25) is 25.2 Å². The molecule has 0 heterocycles. The summed E-state index contributed by atoms with van der Waals surface area (Å²) in [6.45, 7) is 4.04. The maximum atomic E-state index is 12.9. The minimum atomic E-state index is -1.25. The van der Waals surface area contributed by atoms with Gasteiger partial charge in [0.15, 0.2) is 11.9 Å². The zero-order valence-electron chi connectivity index (χ0n) is 20.6. The van der Waals surface area contributed by atoms with E-state index < -0.39 is 47.9 Å². The Morgan fingerprint density at radius 1 is 0.833 bits per heavy atom. The fourth-order valence-corrected chi connectivity index (χ4v) is 3.24. The van der Waals surface area contributed by atoms with Crippen LogP contribution in [0.15, 0.2) is 0 Å². The van der Waals surface area contributed by atoms with E-state index in [4.69, 9.17) is 28.0 Å². The number of aliphatic carboxylic acids is 1. The van der Waals surface area contributed by atoms with Gasteiger partial charge in [-0.25, -0.2) is 4.79 Å². The summed E-state index contributed by atoms with van der Waals surface area (Å²) in [5.74, 6) is -4.08. The Balaban J connectivity index is 5.00. The van der Waals surface area contributed by atoms with Crippen molar-refractivity contribution in [2.24, 2.45) is 23.1 Å². The Labute approximate surface area is 215 Å². The molecule has 0 aliphatic rings. The van der Waals surface area contributed by atoms with Gasteiger partial charge in [-0.2, -0.15) is 12.6 Å². The highest BCUT2D eigenvalue weighted by Crippen LogP contribution is 2.06. The van der Waals surface area contributed by atoms with Crippen LogP contribution in [0.4, 0.5) is 0 Å². The molecule has 0 bridgehead atoms. The Morgan fingerprint density at radius 3 is 1.78 bits per heavy atom. The summed E-state index contributed by atoms with van der Waals surface area (Å²) in [7, 11) is 0. The first kappa shape index (κ1) is 32.7. The molecule has 206 valence electrons.